The van der Waals surface area contributed by atoms with Crippen molar-refractivity contribution in [2.24, 2.45) is 5.73 Å². The summed E-state index contributed by atoms with van der Waals surface area (Å²) >= 11 is 7.08. The fourth-order valence-corrected chi connectivity index (χ4v) is 2.09. The van der Waals surface area contributed by atoms with Crippen molar-refractivity contribution in [2.75, 3.05) is 0 Å². The third-order valence-corrected chi connectivity index (χ3v) is 3.43. The molecule has 6 heteroatoms. The van der Waals surface area contributed by atoms with Gasteiger partial charge in [0, 0.05) is 6.04 Å². The number of aromatic nitrogens is 2. The topological polar surface area (TPSA) is 51.8 Å². The lowest BCUT2D eigenvalue weighted by atomic mass is 10.1. The van der Waals surface area contributed by atoms with Gasteiger partial charge in [-0.1, -0.05) is 28.2 Å². The lowest BCUT2D eigenvalue weighted by molar-refractivity contribution is 0.623. The summed E-state index contributed by atoms with van der Waals surface area (Å²) in [5, 5.41) is 3.84. The molecule has 0 fully saturated rings. The van der Waals surface area contributed by atoms with Crippen LogP contribution >= 0.6 is 23.1 Å². The average molecular weight is 258 g/mol. The standard InChI is InChI=1S/C10H9ClFN3S/c11-10-6(2-1-3-7(10)12)4-8(13)9-5-14-15-16-9/h1-3,5,8H,4,13H2. The van der Waals surface area contributed by atoms with Gasteiger partial charge in [0.05, 0.1) is 16.1 Å². The molecule has 0 spiro atoms. The summed E-state index contributed by atoms with van der Waals surface area (Å²) in [5.41, 5.74) is 6.64. The molecule has 0 aliphatic carbocycles. The smallest absolute Gasteiger partial charge is 0.142 e. The molecule has 1 heterocycles. The SMILES string of the molecule is NC(Cc1cccc(F)c1Cl)c1cnns1. The molecule has 1 aromatic carbocycles. The molecular weight excluding hydrogens is 249 g/mol. The number of hydrogen-bond donors (Lipinski definition) is 1. The van der Waals surface area contributed by atoms with E-state index in [1.165, 1.54) is 17.6 Å². The number of hydrogen-bond acceptors (Lipinski definition) is 4. The van der Waals surface area contributed by atoms with Crippen LogP contribution in [0.1, 0.15) is 16.5 Å². The highest BCUT2D eigenvalue weighted by atomic mass is 35.5. The number of benzene rings is 1. The van der Waals surface area contributed by atoms with Crippen LogP contribution < -0.4 is 5.73 Å². The summed E-state index contributed by atoms with van der Waals surface area (Å²) in [6.45, 7) is 0. The second kappa shape index (κ2) is 4.86. The fourth-order valence-electron chi connectivity index (χ4n) is 1.38. The minimum absolute atomic E-state index is 0.135. The minimum Gasteiger partial charge on any atom is -0.323 e. The van der Waals surface area contributed by atoms with Crippen LogP contribution in [0.5, 0.6) is 0 Å². The Morgan fingerprint density at radius 3 is 3.00 bits per heavy atom. The van der Waals surface area contributed by atoms with Gasteiger partial charge in [0.1, 0.15) is 5.82 Å². The number of rotatable bonds is 3. The van der Waals surface area contributed by atoms with E-state index in [4.69, 9.17) is 17.3 Å². The molecule has 2 N–H and O–H groups in total. The van der Waals surface area contributed by atoms with Gasteiger partial charge in [0.2, 0.25) is 0 Å². The Hall–Kier alpha value is -1.04. The lowest BCUT2D eigenvalue weighted by Crippen LogP contribution is -2.12. The van der Waals surface area contributed by atoms with Gasteiger partial charge < -0.3 is 5.73 Å². The van der Waals surface area contributed by atoms with Crippen LogP contribution in [0.4, 0.5) is 4.39 Å². The summed E-state index contributed by atoms with van der Waals surface area (Å²) in [7, 11) is 0. The van der Waals surface area contributed by atoms with Crippen LogP contribution in [0.3, 0.4) is 0 Å². The predicted molar refractivity (Wildman–Crippen MR) is 62.0 cm³/mol. The van der Waals surface area contributed by atoms with Crippen molar-refractivity contribution in [3.63, 3.8) is 0 Å². The fraction of sp³-hybridized carbons (Fsp3) is 0.200. The molecule has 2 rings (SSSR count). The van der Waals surface area contributed by atoms with Crippen LogP contribution in [0.15, 0.2) is 24.4 Å². The Balaban J connectivity index is 2.18. The molecule has 0 aliphatic heterocycles. The maximum Gasteiger partial charge on any atom is 0.142 e. The molecule has 0 bridgehead atoms. The number of nitrogens with two attached hydrogens (primary N) is 1. The molecule has 1 aromatic heterocycles. The van der Waals surface area contributed by atoms with Gasteiger partial charge in [-0.3, -0.25) is 0 Å². The molecule has 0 aliphatic rings. The van der Waals surface area contributed by atoms with Gasteiger partial charge in [0.25, 0.3) is 0 Å². The molecule has 1 unspecified atom stereocenters. The third-order valence-electron chi connectivity index (χ3n) is 2.22. The predicted octanol–water partition coefficient (Wildman–Crippen LogP) is 2.57. The van der Waals surface area contributed by atoms with E-state index in [1.54, 1.807) is 18.3 Å². The van der Waals surface area contributed by atoms with Crippen LogP contribution in [0, 0.1) is 5.82 Å². The highest BCUT2D eigenvalue weighted by Crippen LogP contribution is 2.25. The summed E-state index contributed by atoms with van der Waals surface area (Å²) in [4.78, 5) is 0.861. The monoisotopic (exact) mass is 257 g/mol. The molecular formula is C10H9ClFN3S. The van der Waals surface area contributed by atoms with Crippen LogP contribution in [-0.4, -0.2) is 9.59 Å². The molecule has 0 radical (unpaired) electrons. The normalized spacial score (nSPS) is 12.7. The van der Waals surface area contributed by atoms with Crippen LogP contribution in [0.25, 0.3) is 0 Å². The Morgan fingerprint density at radius 2 is 2.31 bits per heavy atom. The van der Waals surface area contributed by atoms with E-state index in [-0.39, 0.29) is 11.1 Å². The first-order valence-electron chi connectivity index (χ1n) is 4.64. The van der Waals surface area contributed by atoms with Gasteiger partial charge >= 0.3 is 0 Å². The lowest BCUT2D eigenvalue weighted by Gasteiger charge is -2.10. The van der Waals surface area contributed by atoms with Crippen molar-refractivity contribution in [1.82, 2.24) is 9.59 Å². The summed E-state index contributed by atoms with van der Waals surface area (Å²) in [5.74, 6) is -0.422. The molecule has 0 saturated carbocycles. The van der Waals surface area contributed by atoms with Crippen LogP contribution in [0.2, 0.25) is 5.02 Å². The van der Waals surface area contributed by atoms with E-state index in [1.807, 2.05) is 0 Å². The first-order chi connectivity index (χ1) is 7.68. The zero-order valence-corrected chi connectivity index (χ0v) is 9.80. The van der Waals surface area contributed by atoms with Crippen LogP contribution in [-0.2, 0) is 6.42 Å². The first kappa shape index (κ1) is 11.4. The van der Waals surface area contributed by atoms with E-state index in [0.29, 0.717) is 12.0 Å². The average Bonchev–Trinajstić information content (AvgIpc) is 2.78. The van der Waals surface area contributed by atoms with Crippen molar-refractivity contribution in [1.29, 1.82) is 0 Å². The molecule has 1 atom stereocenters. The molecule has 2 aromatic rings. The van der Waals surface area contributed by atoms with E-state index < -0.39 is 5.82 Å². The van der Waals surface area contributed by atoms with Crippen molar-refractivity contribution < 1.29 is 4.39 Å². The van der Waals surface area contributed by atoms with E-state index in [2.05, 4.69) is 9.59 Å². The Kier molecular flexibility index (Phi) is 3.48. The highest BCUT2D eigenvalue weighted by molar-refractivity contribution is 7.05. The van der Waals surface area contributed by atoms with E-state index in [0.717, 1.165) is 4.88 Å². The summed E-state index contributed by atoms with van der Waals surface area (Å²) in [6, 6.07) is 4.46. The van der Waals surface area contributed by atoms with Gasteiger partial charge in [-0.2, -0.15) is 0 Å². The zero-order valence-electron chi connectivity index (χ0n) is 8.23. The molecule has 16 heavy (non-hydrogen) atoms. The Morgan fingerprint density at radius 1 is 1.50 bits per heavy atom. The van der Waals surface area contributed by atoms with E-state index in [9.17, 15) is 4.39 Å². The van der Waals surface area contributed by atoms with Gasteiger partial charge in [-0.05, 0) is 29.6 Å². The maximum atomic E-state index is 13.2. The quantitative estimate of drug-likeness (QED) is 0.920. The Bertz CT molecular complexity index is 475. The Labute approximate surface area is 101 Å². The molecule has 0 amide bonds. The van der Waals surface area contributed by atoms with Gasteiger partial charge in [-0.25, -0.2) is 4.39 Å². The minimum atomic E-state index is -0.422. The van der Waals surface area contributed by atoms with Gasteiger partial charge in [-0.15, -0.1) is 5.10 Å². The maximum absolute atomic E-state index is 13.2. The zero-order chi connectivity index (χ0) is 11.5. The number of halogens is 2. The second-order valence-electron chi connectivity index (χ2n) is 3.34. The van der Waals surface area contributed by atoms with E-state index >= 15 is 0 Å². The summed E-state index contributed by atoms with van der Waals surface area (Å²) < 4.78 is 16.9. The molecule has 0 saturated heterocycles. The largest absolute Gasteiger partial charge is 0.323 e. The molecule has 84 valence electrons. The van der Waals surface area contributed by atoms with Crippen molar-refractivity contribution >= 4 is 23.1 Å². The molecule has 3 nitrogen and oxygen atoms in total. The van der Waals surface area contributed by atoms with Crippen molar-refractivity contribution in [2.45, 2.75) is 12.5 Å². The van der Waals surface area contributed by atoms with Crippen molar-refractivity contribution in [3.8, 4) is 0 Å². The second-order valence-corrected chi connectivity index (χ2v) is 4.54. The summed E-state index contributed by atoms with van der Waals surface area (Å²) in [6.07, 6.45) is 2.09. The van der Waals surface area contributed by atoms with Crippen molar-refractivity contribution in [3.05, 3.63) is 45.7 Å². The first-order valence-corrected chi connectivity index (χ1v) is 5.79. The van der Waals surface area contributed by atoms with Gasteiger partial charge in [0.15, 0.2) is 0 Å². The highest BCUT2D eigenvalue weighted by Gasteiger charge is 2.13. The number of nitrogens with zero attached hydrogens (tertiary/aromatic N) is 2. The third kappa shape index (κ3) is 2.37.